The third-order valence-corrected chi connectivity index (χ3v) is 3.32. The van der Waals surface area contributed by atoms with E-state index in [1.54, 1.807) is 25.3 Å². The molecule has 90 valence electrons. The van der Waals surface area contributed by atoms with Crippen molar-refractivity contribution in [1.29, 1.82) is 0 Å². The average Bonchev–Trinajstić information content (AvgIpc) is 2.29. The first-order chi connectivity index (χ1) is 7.54. The molecule has 0 bridgehead atoms. The first-order valence-corrected chi connectivity index (χ1v) is 5.96. The monoisotopic (exact) mass is 262 g/mol. The van der Waals surface area contributed by atoms with Crippen molar-refractivity contribution in [2.75, 3.05) is 7.11 Å². The summed E-state index contributed by atoms with van der Waals surface area (Å²) in [6.45, 7) is 1.97. The Kier molecular flexibility index (Phi) is 5.56. The minimum Gasteiger partial charge on any atom is -0.388 e. The van der Waals surface area contributed by atoms with Crippen LogP contribution in [0.1, 0.15) is 31.4 Å². The Hall–Kier alpha value is -0.280. The number of aliphatic hydroxyl groups excluding tert-OH is 1. The zero-order valence-corrected chi connectivity index (χ0v) is 10.9. The molecule has 0 aliphatic carbocycles. The van der Waals surface area contributed by atoms with Crippen molar-refractivity contribution in [2.45, 2.75) is 32.0 Å². The lowest BCUT2D eigenvalue weighted by Gasteiger charge is -2.14. The molecule has 0 aliphatic heterocycles. The van der Waals surface area contributed by atoms with Crippen LogP contribution in [0.3, 0.4) is 0 Å². The van der Waals surface area contributed by atoms with E-state index >= 15 is 0 Å². The molecule has 0 aliphatic rings. The minimum atomic E-state index is -0.521. The molecule has 1 N–H and O–H groups in total. The molecule has 1 rings (SSSR count). The van der Waals surface area contributed by atoms with E-state index in [4.69, 9.17) is 27.9 Å². The minimum absolute atomic E-state index is 0.150. The fourth-order valence-electron chi connectivity index (χ4n) is 1.40. The molecular formula is C12H16Cl2O2. The van der Waals surface area contributed by atoms with Crippen LogP contribution < -0.4 is 0 Å². The van der Waals surface area contributed by atoms with Crippen LogP contribution in [0, 0.1) is 0 Å². The van der Waals surface area contributed by atoms with E-state index in [2.05, 4.69) is 0 Å². The zero-order chi connectivity index (χ0) is 12.1. The van der Waals surface area contributed by atoms with Gasteiger partial charge in [0.25, 0.3) is 0 Å². The number of methoxy groups -OCH3 is 1. The summed E-state index contributed by atoms with van der Waals surface area (Å²) in [4.78, 5) is 0. The molecule has 1 aromatic rings. The van der Waals surface area contributed by atoms with E-state index in [9.17, 15) is 5.11 Å². The maximum Gasteiger partial charge on any atom is 0.0791 e. The maximum absolute atomic E-state index is 9.92. The predicted octanol–water partition coefficient (Wildman–Crippen LogP) is 3.84. The van der Waals surface area contributed by atoms with Gasteiger partial charge in [0.15, 0.2) is 0 Å². The molecule has 0 radical (unpaired) electrons. The second-order valence-electron chi connectivity index (χ2n) is 3.81. The Morgan fingerprint density at radius 2 is 1.94 bits per heavy atom. The predicted molar refractivity (Wildman–Crippen MR) is 67.1 cm³/mol. The molecular weight excluding hydrogens is 247 g/mol. The Bertz CT molecular complexity index is 342. The number of hydrogen-bond donors (Lipinski definition) is 1. The van der Waals surface area contributed by atoms with E-state index in [0.29, 0.717) is 16.5 Å². The van der Waals surface area contributed by atoms with Crippen molar-refractivity contribution in [3.05, 3.63) is 33.8 Å². The van der Waals surface area contributed by atoms with Crippen LogP contribution in [0.15, 0.2) is 18.2 Å². The quantitative estimate of drug-likeness (QED) is 0.874. The molecule has 0 heterocycles. The highest BCUT2D eigenvalue weighted by molar-refractivity contribution is 6.42. The maximum atomic E-state index is 9.92. The lowest BCUT2D eigenvalue weighted by Crippen LogP contribution is -2.07. The highest BCUT2D eigenvalue weighted by atomic mass is 35.5. The van der Waals surface area contributed by atoms with Crippen LogP contribution in [0.5, 0.6) is 0 Å². The molecule has 0 aromatic heterocycles. The summed E-state index contributed by atoms with van der Waals surface area (Å²) in [6, 6.07) is 5.19. The topological polar surface area (TPSA) is 29.5 Å². The van der Waals surface area contributed by atoms with Gasteiger partial charge >= 0.3 is 0 Å². The lowest BCUT2D eigenvalue weighted by atomic mass is 10.0. The molecule has 2 nitrogen and oxygen atoms in total. The molecule has 4 heteroatoms. The smallest absolute Gasteiger partial charge is 0.0791 e. The molecule has 1 aromatic carbocycles. The molecule has 16 heavy (non-hydrogen) atoms. The van der Waals surface area contributed by atoms with Gasteiger partial charge in [0.2, 0.25) is 0 Å². The van der Waals surface area contributed by atoms with Crippen molar-refractivity contribution in [2.24, 2.45) is 0 Å². The summed E-state index contributed by atoms with van der Waals surface area (Å²) in [7, 11) is 1.66. The Morgan fingerprint density at radius 1 is 1.25 bits per heavy atom. The Labute approximate surface area is 106 Å². The number of benzene rings is 1. The summed E-state index contributed by atoms with van der Waals surface area (Å²) in [6.07, 6.45) is 1.08. The van der Waals surface area contributed by atoms with Crippen LogP contribution in [0.4, 0.5) is 0 Å². The number of ether oxygens (including phenoxy) is 1. The SMILES string of the molecule is COC(C)CCC(O)c1ccc(Cl)c(Cl)c1. The fraction of sp³-hybridized carbons (Fsp3) is 0.500. The first-order valence-electron chi connectivity index (χ1n) is 5.20. The third-order valence-electron chi connectivity index (χ3n) is 2.58. The molecule has 0 saturated carbocycles. The van der Waals surface area contributed by atoms with Crippen molar-refractivity contribution in [3.8, 4) is 0 Å². The van der Waals surface area contributed by atoms with Gasteiger partial charge < -0.3 is 9.84 Å². The Balaban J connectivity index is 2.59. The molecule has 0 saturated heterocycles. The first kappa shape index (κ1) is 13.8. The number of hydrogen-bond acceptors (Lipinski definition) is 2. The summed E-state index contributed by atoms with van der Waals surface area (Å²) in [5, 5.41) is 10.9. The van der Waals surface area contributed by atoms with Gasteiger partial charge in [-0.05, 0) is 37.5 Å². The van der Waals surface area contributed by atoms with E-state index in [0.717, 1.165) is 12.0 Å². The molecule has 0 fully saturated rings. The molecule has 2 atom stereocenters. The van der Waals surface area contributed by atoms with Crippen molar-refractivity contribution < 1.29 is 9.84 Å². The van der Waals surface area contributed by atoms with Gasteiger partial charge in [-0.25, -0.2) is 0 Å². The van der Waals surface area contributed by atoms with Crippen molar-refractivity contribution in [1.82, 2.24) is 0 Å². The molecule has 0 spiro atoms. The van der Waals surface area contributed by atoms with Gasteiger partial charge in [0.1, 0.15) is 0 Å². The van der Waals surface area contributed by atoms with Crippen LogP contribution in [-0.4, -0.2) is 18.3 Å². The standard InChI is InChI=1S/C12H16Cl2O2/c1-8(16-2)3-6-12(15)9-4-5-10(13)11(14)7-9/h4-5,7-8,12,15H,3,6H2,1-2H3. The largest absolute Gasteiger partial charge is 0.388 e. The normalized spacial score (nSPS) is 14.8. The van der Waals surface area contributed by atoms with Gasteiger partial charge in [-0.3, -0.25) is 0 Å². The van der Waals surface area contributed by atoms with Gasteiger partial charge in [0.05, 0.1) is 22.3 Å². The van der Waals surface area contributed by atoms with Crippen LogP contribution in [0.25, 0.3) is 0 Å². The highest BCUT2D eigenvalue weighted by Crippen LogP contribution is 2.27. The Morgan fingerprint density at radius 3 is 2.50 bits per heavy atom. The van der Waals surface area contributed by atoms with Crippen LogP contribution in [0.2, 0.25) is 10.0 Å². The third kappa shape index (κ3) is 3.95. The summed E-state index contributed by atoms with van der Waals surface area (Å²) in [5.74, 6) is 0. The molecule has 2 unspecified atom stereocenters. The van der Waals surface area contributed by atoms with Crippen molar-refractivity contribution in [3.63, 3.8) is 0 Å². The van der Waals surface area contributed by atoms with E-state index in [1.807, 2.05) is 6.92 Å². The summed E-state index contributed by atoms with van der Waals surface area (Å²) >= 11 is 11.7. The zero-order valence-electron chi connectivity index (χ0n) is 9.41. The van der Waals surface area contributed by atoms with E-state index in [-0.39, 0.29) is 6.10 Å². The summed E-state index contributed by atoms with van der Waals surface area (Å²) in [5.41, 5.74) is 0.790. The highest BCUT2D eigenvalue weighted by Gasteiger charge is 2.11. The van der Waals surface area contributed by atoms with Gasteiger partial charge in [-0.1, -0.05) is 29.3 Å². The molecule has 0 amide bonds. The van der Waals surface area contributed by atoms with E-state index in [1.165, 1.54) is 0 Å². The summed E-state index contributed by atoms with van der Waals surface area (Å²) < 4.78 is 5.12. The lowest BCUT2D eigenvalue weighted by molar-refractivity contribution is 0.0851. The van der Waals surface area contributed by atoms with Gasteiger partial charge in [-0.2, -0.15) is 0 Å². The van der Waals surface area contributed by atoms with Crippen LogP contribution in [-0.2, 0) is 4.74 Å². The van der Waals surface area contributed by atoms with Gasteiger partial charge in [-0.15, -0.1) is 0 Å². The average molecular weight is 263 g/mol. The number of rotatable bonds is 5. The number of aliphatic hydroxyl groups is 1. The second kappa shape index (κ2) is 6.45. The fourth-order valence-corrected chi connectivity index (χ4v) is 1.70. The number of halogens is 2. The van der Waals surface area contributed by atoms with Crippen molar-refractivity contribution >= 4 is 23.2 Å². The van der Waals surface area contributed by atoms with Crippen LogP contribution >= 0.6 is 23.2 Å². The van der Waals surface area contributed by atoms with Gasteiger partial charge in [0, 0.05) is 7.11 Å². The van der Waals surface area contributed by atoms with E-state index < -0.39 is 6.10 Å². The second-order valence-corrected chi connectivity index (χ2v) is 4.63.